The monoisotopic (exact) mass is 242 g/mol. The Bertz CT molecular complexity index is 395. The van der Waals surface area contributed by atoms with Gasteiger partial charge in [0.25, 0.3) is 0 Å². The Hall–Kier alpha value is -1.54. The summed E-state index contributed by atoms with van der Waals surface area (Å²) < 4.78 is 0. The highest BCUT2D eigenvalue weighted by molar-refractivity contribution is 5.67. The lowest BCUT2D eigenvalue weighted by Crippen LogP contribution is -2.17. The number of nitrogens with zero attached hydrogens (tertiary/aromatic N) is 2. The van der Waals surface area contributed by atoms with Crippen LogP contribution in [0.2, 0.25) is 0 Å². The molecule has 0 aromatic heterocycles. The van der Waals surface area contributed by atoms with E-state index in [0.717, 1.165) is 6.07 Å². The fourth-order valence-corrected chi connectivity index (χ4v) is 1.47. The van der Waals surface area contributed by atoms with Crippen molar-refractivity contribution in [3.63, 3.8) is 0 Å². The Labute approximate surface area is 98.2 Å². The maximum atomic E-state index is 11.8. The predicted molar refractivity (Wildman–Crippen MR) is 58.3 cm³/mol. The highest BCUT2D eigenvalue weighted by atomic mass is 16.8. The summed E-state index contributed by atoms with van der Waals surface area (Å²) >= 11 is 0. The smallest absolute Gasteiger partial charge is 0.0888 e. The molecule has 7 nitrogen and oxygen atoms in total. The molecule has 0 fully saturated rings. The van der Waals surface area contributed by atoms with Gasteiger partial charge in [-0.1, -0.05) is 19.6 Å². The molecule has 1 rings (SSSR count). The number of anilines is 2. The fraction of sp³-hybridized carbons (Fsp3) is 0.400. The van der Waals surface area contributed by atoms with Crippen molar-refractivity contribution in [2.45, 2.75) is 26.2 Å². The van der Waals surface area contributed by atoms with Gasteiger partial charge in [0.2, 0.25) is 0 Å². The van der Waals surface area contributed by atoms with Gasteiger partial charge < -0.3 is 15.5 Å². The summed E-state index contributed by atoms with van der Waals surface area (Å²) in [7, 11) is 0. The van der Waals surface area contributed by atoms with Crippen molar-refractivity contribution in [2.75, 3.05) is 10.5 Å². The lowest BCUT2D eigenvalue weighted by Gasteiger charge is -2.29. The summed E-state index contributed by atoms with van der Waals surface area (Å²) in [6, 6.07) is 2.12. The molecule has 0 bridgehead atoms. The quantitative estimate of drug-likeness (QED) is 0.686. The van der Waals surface area contributed by atoms with Gasteiger partial charge in [0, 0.05) is 0 Å². The Morgan fingerprint density at radius 2 is 1.88 bits per heavy atom. The van der Waals surface area contributed by atoms with Gasteiger partial charge in [0.15, 0.2) is 0 Å². The molecule has 0 radical (unpaired) electrons. The lowest BCUT2D eigenvalue weighted by molar-refractivity contribution is -0.269. The van der Waals surface area contributed by atoms with Crippen LogP contribution in [0, 0.1) is 5.21 Å². The standard InChI is InChI=1S/C10H15N2O5/c1-3-6(2)8-4-7(11(14)15)5-9(10(8)13)12(16)17/h4-6,13-14,16-17H,3H2,1-2H3/q-1/p-1. The molecule has 96 valence electrons. The highest BCUT2D eigenvalue weighted by Crippen LogP contribution is 2.37. The SMILES string of the molecule is CCC(C)c1cc(N([O-])O)cc(N(O)O)c1[O-]. The van der Waals surface area contributed by atoms with Crippen molar-refractivity contribution >= 4 is 11.4 Å². The van der Waals surface area contributed by atoms with E-state index in [4.69, 9.17) is 15.6 Å². The fourth-order valence-electron chi connectivity index (χ4n) is 1.47. The van der Waals surface area contributed by atoms with Crippen molar-refractivity contribution < 1.29 is 20.7 Å². The maximum absolute atomic E-state index is 11.8. The Balaban J connectivity index is 3.37. The summed E-state index contributed by atoms with van der Waals surface area (Å²) in [6.45, 7) is 3.61. The second kappa shape index (κ2) is 5.19. The molecule has 0 heterocycles. The highest BCUT2D eigenvalue weighted by Gasteiger charge is 2.12. The van der Waals surface area contributed by atoms with E-state index in [9.17, 15) is 10.3 Å². The summed E-state index contributed by atoms with van der Waals surface area (Å²) in [5.74, 6) is -0.754. The molecule has 1 unspecified atom stereocenters. The van der Waals surface area contributed by atoms with Gasteiger partial charge in [-0.25, -0.2) is 0 Å². The maximum Gasteiger partial charge on any atom is 0.0888 e. The molecular weight excluding hydrogens is 228 g/mol. The summed E-state index contributed by atoms with van der Waals surface area (Å²) in [4.78, 5) is 0. The van der Waals surface area contributed by atoms with E-state index in [0.29, 0.717) is 6.42 Å². The first-order valence-corrected chi connectivity index (χ1v) is 5.07. The molecule has 0 saturated heterocycles. The third kappa shape index (κ3) is 2.77. The first-order chi connectivity index (χ1) is 7.88. The molecule has 3 N–H and O–H groups in total. The van der Waals surface area contributed by atoms with Gasteiger partial charge >= 0.3 is 0 Å². The van der Waals surface area contributed by atoms with Crippen LogP contribution < -0.4 is 15.6 Å². The molecular formula is C10H14N2O5-2. The van der Waals surface area contributed by atoms with Crippen LogP contribution in [0.15, 0.2) is 12.1 Å². The molecule has 0 spiro atoms. The van der Waals surface area contributed by atoms with E-state index < -0.39 is 16.7 Å². The van der Waals surface area contributed by atoms with Crippen LogP contribution in [-0.2, 0) is 0 Å². The average Bonchev–Trinajstić information content (AvgIpc) is 2.27. The van der Waals surface area contributed by atoms with Crippen LogP contribution >= 0.6 is 0 Å². The normalized spacial score (nSPS) is 12.4. The van der Waals surface area contributed by atoms with Crippen molar-refractivity contribution in [1.29, 1.82) is 0 Å². The van der Waals surface area contributed by atoms with Crippen LogP contribution in [-0.4, -0.2) is 15.6 Å². The minimum Gasteiger partial charge on any atom is -0.871 e. The van der Waals surface area contributed by atoms with Crippen LogP contribution in [0.1, 0.15) is 31.7 Å². The van der Waals surface area contributed by atoms with Gasteiger partial charge in [0.1, 0.15) is 0 Å². The summed E-state index contributed by atoms with van der Waals surface area (Å²) in [5, 5.41) is 48.4. The molecule has 0 aliphatic carbocycles. The Kier molecular flexibility index (Phi) is 4.13. The van der Waals surface area contributed by atoms with Crippen molar-refractivity contribution in [3.8, 4) is 5.75 Å². The molecule has 0 aliphatic rings. The second-order valence-corrected chi connectivity index (χ2v) is 3.75. The summed E-state index contributed by atoms with van der Waals surface area (Å²) in [5.41, 5.74) is -0.473. The third-order valence-electron chi connectivity index (χ3n) is 2.66. The average molecular weight is 242 g/mol. The number of hydrogen-bond donors (Lipinski definition) is 3. The topological polar surface area (TPSA) is 113 Å². The first kappa shape index (κ1) is 13.5. The largest absolute Gasteiger partial charge is 0.871 e. The molecule has 7 heteroatoms. The van der Waals surface area contributed by atoms with Gasteiger partial charge in [-0.3, -0.25) is 15.6 Å². The number of rotatable bonds is 4. The van der Waals surface area contributed by atoms with E-state index in [-0.39, 0.29) is 22.4 Å². The first-order valence-electron chi connectivity index (χ1n) is 5.07. The molecule has 0 saturated carbocycles. The van der Waals surface area contributed by atoms with Gasteiger partial charge in [-0.15, -0.1) is 5.23 Å². The van der Waals surface area contributed by atoms with Gasteiger partial charge in [0.05, 0.1) is 11.4 Å². The van der Waals surface area contributed by atoms with Gasteiger partial charge in [-0.2, -0.15) is 0 Å². The minimum absolute atomic E-state index is 0.166. The van der Waals surface area contributed by atoms with E-state index in [1.807, 2.05) is 6.92 Å². The predicted octanol–water partition coefficient (Wildman–Crippen LogP) is 1.55. The van der Waals surface area contributed by atoms with Crippen molar-refractivity contribution in [2.24, 2.45) is 0 Å². The molecule has 1 aromatic carbocycles. The van der Waals surface area contributed by atoms with E-state index in [1.165, 1.54) is 6.07 Å². The zero-order valence-corrected chi connectivity index (χ0v) is 9.49. The lowest BCUT2D eigenvalue weighted by atomic mass is 9.96. The van der Waals surface area contributed by atoms with E-state index in [1.54, 1.807) is 6.92 Å². The van der Waals surface area contributed by atoms with Gasteiger partial charge in [-0.05, 0) is 30.0 Å². The van der Waals surface area contributed by atoms with Crippen LogP contribution in [0.4, 0.5) is 11.4 Å². The zero-order chi connectivity index (χ0) is 13.2. The second-order valence-electron chi connectivity index (χ2n) is 3.75. The van der Waals surface area contributed by atoms with Crippen molar-refractivity contribution in [3.05, 3.63) is 22.9 Å². The molecule has 0 amide bonds. The summed E-state index contributed by atoms with van der Waals surface area (Å²) in [6.07, 6.45) is 0.638. The minimum atomic E-state index is -0.588. The Morgan fingerprint density at radius 1 is 1.29 bits per heavy atom. The molecule has 1 atom stereocenters. The number of hydrogen-bond acceptors (Lipinski definition) is 7. The van der Waals surface area contributed by atoms with E-state index in [2.05, 4.69) is 0 Å². The number of benzene rings is 1. The molecule has 17 heavy (non-hydrogen) atoms. The molecule has 1 aromatic rings. The van der Waals surface area contributed by atoms with Crippen LogP contribution in [0.3, 0.4) is 0 Å². The third-order valence-corrected chi connectivity index (χ3v) is 2.66. The van der Waals surface area contributed by atoms with Crippen molar-refractivity contribution in [1.82, 2.24) is 0 Å². The van der Waals surface area contributed by atoms with Crippen LogP contribution in [0.25, 0.3) is 0 Å². The van der Waals surface area contributed by atoms with Crippen LogP contribution in [0.5, 0.6) is 5.75 Å². The molecule has 0 aliphatic heterocycles. The zero-order valence-electron chi connectivity index (χ0n) is 9.49. The Morgan fingerprint density at radius 3 is 2.29 bits per heavy atom. The van der Waals surface area contributed by atoms with E-state index >= 15 is 0 Å².